The maximum absolute atomic E-state index is 12.3. The molecule has 2 aromatic heterocycles. The zero-order valence-corrected chi connectivity index (χ0v) is 17.9. The largest absolute Gasteiger partial charge is 0.444 e. The predicted molar refractivity (Wildman–Crippen MR) is 119 cm³/mol. The van der Waals surface area contributed by atoms with Gasteiger partial charge in [-0.1, -0.05) is 30.3 Å². The molecule has 3 heterocycles. The van der Waals surface area contributed by atoms with E-state index in [0.717, 1.165) is 5.56 Å². The molecular weight excluding hydrogens is 396 g/mol. The summed E-state index contributed by atoms with van der Waals surface area (Å²) in [6.45, 7) is 7.65. The van der Waals surface area contributed by atoms with E-state index in [0.29, 0.717) is 49.0 Å². The number of nitrogens with two attached hydrogens (primary N) is 2. The number of nitrogens with zero attached hydrogens (tertiary/aromatic N) is 6. The third-order valence-electron chi connectivity index (χ3n) is 4.83. The number of hydrogen-bond acceptors (Lipinski definition) is 9. The second kappa shape index (κ2) is 7.86. The van der Waals surface area contributed by atoms with E-state index in [2.05, 4.69) is 19.9 Å². The van der Waals surface area contributed by atoms with E-state index in [1.807, 2.05) is 56.0 Å². The van der Waals surface area contributed by atoms with Crippen LogP contribution in [0.2, 0.25) is 0 Å². The molecule has 0 aliphatic carbocycles. The number of aromatic nitrogens is 4. The van der Waals surface area contributed by atoms with Crippen LogP contribution in [0.15, 0.2) is 30.3 Å². The SMILES string of the molecule is CC(C)(C)OC(=O)N1CCN(c2nc(N)c3nc(-c4ccccc4)c(N)nc3n2)CC1. The van der Waals surface area contributed by atoms with Crippen molar-refractivity contribution in [3.05, 3.63) is 30.3 Å². The summed E-state index contributed by atoms with van der Waals surface area (Å²) < 4.78 is 5.44. The number of piperazine rings is 1. The summed E-state index contributed by atoms with van der Waals surface area (Å²) in [5, 5.41) is 0. The van der Waals surface area contributed by atoms with Crippen LogP contribution in [0.5, 0.6) is 0 Å². The number of nitrogen functional groups attached to an aromatic ring is 2. The van der Waals surface area contributed by atoms with Crippen LogP contribution in [0, 0.1) is 0 Å². The van der Waals surface area contributed by atoms with Crippen LogP contribution in [-0.2, 0) is 4.74 Å². The van der Waals surface area contributed by atoms with E-state index in [9.17, 15) is 4.79 Å². The normalized spacial score (nSPS) is 14.7. The summed E-state index contributed by atoms with van der Waals surface area (Å²) in [6, 6.07) is 9.53. The molecule has 0 atom stereocenters. The van der Waals surface area contributed by atoms with Crippen molar-refractivity contribution in [1.82, 2.24) is 24.8 Å². The van der Waals surface area contributed by atoms with Gasteiger partial charge < -0.3 is 26.0 Å². The van der Waals surface area contributed by atoms with Gasteiger partial charge in [0.1, 0.15) is 11.3 Å². The average molecular weight is 422 g/mol. The minimum atomic E-state index is -0.526. The Labute approximate surface area is 180 Å². The van der Waals surface area contributed by atoms with Gasteiger partial charge in [-0.15, -0.1) is 0 Å². The standard InChI is InChI=1S/C21H26N8O2/c1-21(2,3)31-20(30)29-11-9-28(10-12-29)19-26-17(23)15-18(27-19)25-16(22)14(24-15)13-7-5-4-6-8-13/h4-8H,9-12H2,1-3H3,(H4,22,23,25,26,27). The Balaban J connectivity index is 1.55. The smallest absolute Gasteiger partial charge is 0.410 e. The lowest BCUT2D eigenvalue weighted by Crippen LogP contribution is -2.50. The van der Waals surface area contributed by atoms with Gasteiger partial charge in [0.05, 0.1) is 0 Å². The van der Waals surface area contributed by atoms with Gasteiger partial charge in [0.2, 0.25) is 5.95 Å². The van der Waals surface area contributed by atoms with Gasteiger partial charge in [0.15, 0.2) is 22.8 Å². The van der Waals surface area contributed by atoms with Crippen molar-refractivity contribution < 1.29 is 9.53 Å². The number of fused-ring (bicyclic) bond motifs is 1. The number of carbonyl (C=O) groups excluding carboxylic acids is 1. The fourth-order valence-electron chi connectivity index (χ4n) is 3.33. The lowest BCUT2D eigenvalue weighted by molar-refractivity contribution is 0.0240. The molecule has 0 spiro atoms. The Morgan fingerprint density at radius 3 is 2.26 bits per heavy atom. The molecule has 10 nitrogen and oxygen atoms in total. The number of hydrogen-bond donors (Lipinski definition) is 2. The molecule has 4 rings (SSSR count). The summed E-state index contributed by atoms with van der Waals surface area (Å²) in [5.74, 6) is 0.951. The average Bonchev–Trinajstić information content (AvgIpc) is 2.73. The molecule has 0 radical (unpaired) electrons. The number of amides is 1. The van der Waals surface area contributed by atoms with Gasteiger partial charge in [-0.05, 0) is 20.8 Å². The molecule has 3 aromatic rings. The second-order valence-corrected chi connectivity index (χ2v) is 8.36. The van der Waals surface area contributed by atoms with Crippen LogP contribution in [0.3, 0.4) is 0 Å². The van der Waals surface area contributed by atoms with Gasteiger partial charge >= 0.3 is 6.09 Å². The highest BCUT2D eigenvalue weighted by atomic mass is 16.6. The fourth-order valence-corrected chi connectivity index (χ4v) is 3.33. The Hall–Kier alpha value is -3.69. The number of anilines is 3. The molecule has 31 heavy (non-hydrogen) atoms. The maximum Gasteiger partial charge on any atom is 0.410 e. The first kappa shape index (κ1) is 20.6. The van der Waals surface area contributed by atoms with E-state index in [-0.39, 0.29) is 17.7 Å². The van der Waals surface area contributed by atoms with Gasteiger partial charge in [-0.3, -0.25) is 0 Å². The van der Waals surface area contributed by atoms with Crippen LogP contribution in [-0.4, -0.2) is 62.7 Å². The van der Waals surface area contributed by atoms with Gasteiger partial charge in [-0.2, -0.15) is 9.97 Å². The molecule has 0 saturated carbocycles. The summed E-state index contributed by atoms with van der Waals surface area (Å²) in [5.41, 5.74) is 14.0. The van der Waals surface area contributed by atoms with Crippen LogP contribution in [0.25, 0.3) is 22.4 Å². The van der Waals surface area contributed by atoms with E-state index in [1.54, 1.807) is 4.90 Å². The topological polar surface area (TPSA) is 136 Å². The van der Waals surface area contributed by atoms with Gasteiger partial charge in [0.25, 0.3) is 0 Å². The Bertz CT molecular complexity index is 1110. The van der Waals surface area contributed by atoms with E-state index in [1.165, 1.54) is 0 Å². The minimum absolute atomic E-state index is 0.235. The number of benzene rings is 1. The first-order valence-corrected chi connectivity index (χ1v) is 10.1. The first-order chi connectivity index (χ1) is 14.7. The first-order valence-electron chi connectivity index (χ1n) is 10.1. The van der Waals surface area contributed by atoms with E-state index < -0.39 is 5.60 Å². The number of carbonyl (C=O) groups is 1. The molecule has 1 aliphatic heterocycles. The second-order valence-electron chi connectivity index (χ2n) is 8.36. The summed E-state index contributed by atoms with van der Waals surface area (Å²) in [7, 11) is 0. The monoisotopic (exact) mass is 422 g/mol. The Morgan fingerprint density at radius 1 is 0.935 bits per heavy atom. The lowest BCUT2D eigenvalue weighted by Gasteiger charge is -2.35. The Morgan fingerprint density at radius 2 is 1.61 bits per heavy atom. The fraction of sp³-hybridized carbons (Fsp3) is 0.381. The van der Waals surface area contributed by atoms with Crippen LogP contribution in [0.1, 0.15) is 20.8 Å². The third-order valence-corrected chi connectivity index (χ3v) is 4.83. The maximum atomic E-state index is 12.3. The minimum Gasteiger partial charge on any atom is -0.444 e. The molecule has 162 valence electrons. The van der Waals surface area contributed by atoms with Crippen molar-refractivity contribution in [3.63, 3.8) is 0 Å². The molecule has 1 saturated heterocycles. The van der Waals surface area contributed by atoms with Crippen LogP contribution < -0.4 is 16.4 Å². The van der Waals surface area contributed by atoms with Crippen molar-refractivity contribution >= 4 is 34.8 Å². The molecule has 0 bridgehead atoms. The van der Waals surface area contributed by atoms with Gasteiger partial charge in [0, 0.05) is 31.7 Å². The van der Waals surface area contributed by atoms with E-state index in [4.69, 9.17) is 16.2 Å². The molecule has 0 unspecified atom stereocenters. The molecule has 4 N–H and O–H groups in total. The summed E-state index contributed by atoms with van der Waals surface area (Å²) in [4.78, 5) is 33.9. The zero-order valence-electron chi connectivity index (χ0n) is 17.9. The van der Waals surface area contributed by atoms with Crippen LogP contribution in [0.4, 0.5) is 22.4 Å². The van der Waals surface area contributed by atoms with Crippen molar-refractivity contribution in [2.45, 2.75) is 26.4 Å². The molecule has 1 amide bonds. The predicted octanol–water partition coefficient (Wildman–Crippen LogP) is 2.31. The quantitative estimate of drug-likeness (QED) is 0.637. The highest BCUT2D eigenvalue weighted by Gasteiger charge is 2.27. The molecular formula is C21H26N8O2. The van der Waals surface area contributed by atoms with Crippen molar-refractivity contribution in [2.75, 3.05) is 42.5 Å². The van der Waals surface area contributed by atoms with Crippen LogP contribution >= 0.6 is 0 Å². The van der Waals surface area contributed by atoms with Crippen molar-refractivity contribution in [1.29, 1.82) is 0 Å². The highest BCUT2D eigenvalue weighted by Crippen LogP contribution is 2.27. The summed E-state index contributed by atoms with van der Waals surface area (Å²) >= 11 is 0. The number of rotatable bonds is 2. The molecule has 1 fully saturated rings. The van der Waals surface area contributed by atoms with Gasteiger partial charge in [-0.25, -0.2) is 14.8 Å². The Kier molecular flexibility index (Phi) is 5.22. The number of ether oxygens (including phenoxy) is 1. The third kappa shape index (κ3) is 4.42. The van der Waals surface area contributed by atoms with Crippen molar-refractivity contribution in [3.8, 4) is 11.3 Å². The molecule has 10 heteroatoms. The molecule has 1 aliphatic rings. The summed E-state index contributed by atoms with van der Waals surface area (Å²) in [6.07, 6.45) is -0.321. The lowest BCUT2D eigenvalue weighted by atomic mass is 10.1. The highest BCUT2D eigenvalue weighted by molar-refractivity contribution is 5.87. The molecule has 1 aromatic carbocycles. The van der Waals surface area contributed by atoms with Crippen molar-refractivity contribution in [2.24, 2.45) is 0 Å². The zero-order chi connectivity index (χ0) is 22.2. The van der Waals surface area contributed by atoms with E-state index >= 15 is 0 Å².